The van der Waals surface area contributed by atoms with E-state index in [1.807, 2.05) is 36.9 Å². The summed E-state index contributed by atoms with van der Waals surface area (Å²) in [6.45, 7) is 9.91. The number of rotatable bonds is 10. The molecule has 6 nitrogen and oxygen atoms in total. The Labute approximate surface area is 169 Å². The van der Waals surface area contributed by atoms with E-state index in [2.05, 4.69) is 34.7 Å². The molecule has 1 aliphatic heterocycles. The van der Waals surface area contributed by atoms with E-state index in [1.165, 1.54) is 5.56 Å². The van der Waals surface area contributed by atoms with Crippen LogP contribution < -0.4 is 10.6 Å². The number of amides is 1. The van der Waals surface area contributed by atoms with Crippen LogP contribution in [0.15, 0.2) is 35.3 Å². The second-order valence-electron chi connectivity index (χ2n) is 8.04. The number of nitrogens with zero attached hydrogens (tertiary/aromatic N) is 2. The third-order valence-electron chi connectivity index (χ3n) is 5.56. The molecule has 1 amide bonds. The van der Waals surface area contributed by atoms with Crippen molar-refractivity contribution in [2.75, 3.05) is 39.3 Å². The first-order valence-corrected chi connectivity index (χ1v) is 10.4. The second-order valence-corrected chi connectivity index (χ2v) is 8.04. The largest absolute Gasteiger partial charge is 0.396 e. The van der Waals surface area contributed by atoms with Crippen LogP contribution in [0.1, 0.15) is 39.2 Å². The van der Waals surface area contributed by atoms with Crippen LogP contribution >= 0.6 is 0 Å². The summed E-state index contributed by atoms with van der Waals surface area (Å²) in [5, 5.41) is 16.2. The number of aliphatic hydroxyl groups excluding tert-OH is 1. The summed E-state index contributed by atoms with van der Waals surface area (Å²) >= 11 is 0. The van der Waals surface area contributed by atoms with Crippen LogP contribution in [0.4, 0.5) is 0 Å². The van der Waals surface area contributed by atoms with E-state index in [1.54, 1.807) is 0 Å². The van der Waals surface area contributed by atoms with Crippen LogP contribution in [0.25, 0.3) is 0 Å². The number of guanidine groups is 1. The first-order chi connectivity index (χ1) is 13.5. The van der Waals surface area contributed by atoms with Crippen molar-refractivity contribution in [2.45, 2.75) is 40.0 Å². The van der Waals surface area contributed by atoms with Crippen LogP contribution in [-0.4, -0.2) is 61.2 Å². The Morgan fingerprint density at radius 2 is 2.04 bits per heavy atom. The number of aliphatic imine (C=N–C) groups is 1. The molecule has 1 saturated heterocycles. The van der Waals surface area contributed by atoms with Crippen LogP contribution in [0.5, 0.6) is 0 Å². The van der Waals surface area contributed by atoms with Gasteiger partial charge in [-0.3, -0.25) is 9.79 Å². The van der Waals surface area contributed by atoms with E-state index in [0.717, 1.165) is 45.0 Å². The van der Waals surface area contributed by atoms with E-state index in [9.17, 15) is 9.90 Å². The topological polar surface area (TPSA) is 77.0 Å². The highest BCUT2D eigenvalue weighted by atomic mass is 16.3. The van der Waals surface area contributed by atoms with Gasteiger partial charge in [0.05, 0.1) is 13.2 Å². The highest BCUT2D eigenvalue weighted by Crippen LogP contribution is 2.20. The lowest BCUT2D eigenvalue weighted by molar-refractivity contribution is -0.127. The number of hydrogen-bond donors (Lipinski definition) is 3. The van der Waals surface area contributed by atoms with E-state index in [0.29, 0.717) is 18.9 Å². The molecule has 1 aromatic rings. The van der Waals surface area contributed by atoms with Crippen molar-refractivity contribution in [3.8, 4) is 0 Å². The zero-order valence-electron chi connectivity index (χ0n) is 17.6. The zero-order chi connectivity index (χ0) is 20.4. The summed E-state index contributed by atoms with van der Waals surface area (Å²) in [4.78, 5) is 18.9. The number of carbonyl (C=O) groups is 1. The molecule has 0 spiro atoms. The van der Waals surface area contributed by atoms with E-state index in [-0.39, 0.29) is 17.9 Å². The molecule has 3 N–H and O–H groups in total. The monoisotopic (exact) mass is 388 g/mol. The molecule has 28 heavy (non-hydrogen) atoms. The van der Waals surface area contributed by atoms with Gasteiger partial charge in [-0.15, -0.1) is 0 Å². The van der Waals surface area contributed by atoms with E-state index < -0.39 is 0 Å². The van der Waals surface area contributed by atoms with Gasteiger partial charge >= 0.3 is 0 Å². The average Bonchev–Trinajstić information content (AvgIpc) is 3.08. The van der Waals surface area contributed by atoms with Crippen LogP contribution in [-0.2, 0) is 11.2 Å². The first kappa shape index (κ1) is 22.2. The Hall–Kier alpha value is -2.08. The van der Waals surface area contributed by atoms with Gasteiger partial charge in [0.1, 0.15) is 0 Å². The lowest BCUT2D eigenvalue weighted by Crippen LogP contribution is -2.41. The first-order valence-electron chi connectivity index (χ1n) is 10.4. The molecule has 2 rings (SSSR count). The van der Waals surface area contributed by atoms with Gasteiger partial charge in [-0.2, -0.15) is 0 Å². The molecule has 1 aromatic carbocycles. The predicted octanol–water partition coefficient (Wildman–Crippen LogP) is 2.04. The molecule has 0 bridgehead atoms. The van der Waals surface area contributed by atoms with Gasteiger partial charge < -0.3 is 20.6 Å². The summed E-state index contributed by atoms with van der Waals surface area (Å²) in [6.07, 6.45) is 2.36. The molecular formula is C22H36N4O2. The van der Waals surface area contributed by atoms with Gasteiger partial charge in [0.15, 0.2) is 5.96 Å². The minimum Gasteiger partial charge on any atom is -0.396 e. The quantitative estimate of drug-likeness (QED) is 0.423. The third-order valence-corrected chi connectivity index (χ3v) is 5.56. The minimum atomic E-state index is -0.195. The molecule has 0 aliphatic carbocycles. The van der Waals surface area contributed by atoms with Crippen molar-refractivity contribution < 1.29 is 9.90 Å². The number of benzene rings is 1. The highest BCUT2D eigenvalue weighted by Gasteiger charge is 2.29. The van der Waals surface area contributed by atoms with Crippen molar-refractivity contribution in [3.05, 3.63) is 35.9 Å². The molecular weight excluding hydrogens is 352 g/mol. The Balaban J connectivity index is 1.82. The molecule has 1 fully saturated rings. The van der Waals surface area contributed by atoms with Crippen molar-refractivity contribution in [3.63, 3.8) is 0 Å². The van der Waals surface area contributed by atoms with Crippen LogP contribution in [0.2, 0.25) is 0 Å². The van der Waals surface area contributed by atoms with Crippen molar-refractivity contribution in [1.82, 2.24) is 15.5 Å². The highest BCUT2D eigenvalue weighted by molar-refractivity contribution is 5.81. The van der Waals surface area contributed by atoms with Gasteiger partial charge in [0.25, 0.3) is 0 Å². The van der Waals surface area contributed by atoms with Crippen molar-refractivity contribution >= 4 is 11.9 Å². The Bertz CT molecular complexity index is 629. The Morgan fingerprint density at radius 3 is 2.68 bits per heavy atom. The standard InChI is InChI=1S/C22H36N4O2/c1-4-22(3,17-27)16-25-21(23-5-2)24-14-19-13-20(28)26(15-19)12-11-18-9-7-6-8-10-18/h6-10,19,27H,4-5,11-17H2,1-3H3,(H2,23,24,25). The van der Waals surface area contributed by atoms with Crippen molar-refractivity contribution in [2.24, 2.45) is 16.3 Å². The number of carbonyl (C=O) groups excluding carboxylic acids is 1. The lowest BCUT2D eigenvalue weighted by atomic mass is 9.89. The number of hydrogen-bond acceptors (Lipinski definition) is 3. The maximum absolute atomic E-state index is 12.3. The molecule has 1 aliphatic rings. The van der Waals surface area contributed by atoms with Gasteiger partial charge in [0, 0.05) is 43.9 Å². The van der Waals surface area contributed by atoms with Gasteiger partial charge in [-0.25, -0.2) is 0 Å². The number of aliphatic hydroxyl groups is 1. The molecule has 2 unspecified atom stereocenters. The molecule has 6 heteroatoms. The van der Waals surface area contributed by atoms with E-state index in [4.69, 9.17) is 0 Å². The minimum absolute atomic E-state index is 0.125. The van der Waals surface area contributed by atoms with Gasteiger partial charge in [0.2, 0.25) is 5.91 Å². The Morgan fingerprint density at radius 1 is 1.29 bits per heavy atom. The van der Waals surface area contributed by atoms with Crippen LogP contribution in [0, 0.1) is 11.3 Å². The van der Waals surface area contributed by atoms with Crippen molar-refractivity contribution in [1.29, 1.82) is 0 Å². The molecule has 156 valence electrons. The van der Waals surface area contributed by atoms with Crippen LogP contribution in [0.3, 0.4) is 0 Å². The fraction of sp³-hybridized carbons (Fsp3) is 0.636. The maximum atomic E-state index is 12.3. The van der Waals surface area contributed by atoms with Gasteiger partial charge in [-0.1, -0.05) is 44.2 Å². The maximum Gasteiger partial charge on any atom is 0.223 e. The molecule has 0 aromatic heterocycles. The SMILES string of the molecule is CCNC(=NCC(C)(CC)CO)NCC1CC(=O)N(CCc2ccccc2)C1. The molecule has 0 radical (unpaired) electrons. The summed E-state index contributed by atoms with van der Waals surface area (Å²) in [7, 11) is 0. The summed E-state index contributed by atoms with van der Waals surface area (Å²) < 4.78 is 0. The summed E-state index contributed by atoms with van der Waals surface area (Å²) in [6, 6.07) is 10.3. The summed E-state index contributed by atoms with van der Waals surface area (Å²) in [5.74, 6) is 1.29. The van der Waals surface area contributed by atoms with E-state index >= 15 is 0 Å². The number of nitrogens with one attached hydrogen (secondary N) is 2. The smallest absolute Gasteiger partial charge is 0.223 e. The van der Waals surface area contributed by atoms with Gasteiger partial charge in [-0.05, 0) is 25.3 Å². The molecule has 1 heterocycles. The normalized spacial score (nSPS) is 19.6. The zero-order valence-corrected chi connectivity index (χ0v) is 17.6. The fourth-order valence-electron chi connectivity index (χ4n) is 3.24. The second kappa shape index (κ2) is 11.1. The fourth-order valence-corrected chi connectivity index (χ4v) is 3.24. The third kappa shape index (κ3) is 6.82. The lowest BCUT2D eigenvalue weighted by Gasteiger charge is -2.24. The number of likely N-dealkylation sites (tertiary alicyclic amines) is 1. The predicted molar refractivity (Wildman–Crippen MR) is 114 cm³/mol. The summed E-state index contributed by atoms with van der Waals surface area (Å²) in [5.41, 5.74) is 1.07. The molecule has 2 atom stereocenters. The average molecular weight is 389 g/mol. The Kier molecular flexibility index (Phi) is 8.77. The molecule has 0 saturated carbocycles.